The molecule has 100 valence electrons. The highest BCUT2D eigenvalue weighted by atomic mass is 16.5. The minimum absolute atomic E-state index is 0.277. The Balaban J connectivity index is 1.74. The van der Waals surface area contributed by atoms with E-state index in [1.165, 1.54) is 11.1 Å². The predicted molar refractivity (Wildman–Crippen MR) is 73.1 cm³/mol. The van der Waals surface area contributed by atoms with Crippen LogP contribution in [0, 0.1) is 5.92 Å². The van der Waals surface area contributed by atoms with Crippen LogP contribution in [0.5, 0.6) is 5.75 Å². The van der Waals surface area contributed by atoms with E-state index in [1.54, 1.807) is 0 Å². The molecule has 0 fully saturated rings. The van der Waals surface area contributed by atoms with Gasteiger partial charge in [-0.3, -0.25) is 0 Å². The smallest absolute Gasteiger partial charge is 0.122 e. The Morgan fingerprint density at radius 1 is 1.44 bits per heavy atom. The second-order valence-electron chi connectivity index (χ2n) is 4.95. The lowest BCUT2D eigenvalue weighted by Crippen LogP contribution is -2.26. The predicted octanol–water partition coefficient (Wildman–Crippen LogP) is 1.77. The maximum atomic E-state index is 9.09. The Bertz CT molecular complexity index is 375. The molecule has 0 saturated heterocycles. The highest BCUT2D eigenvalue weighted by Gasteiger charge is 2.11. The molecular formula is C15H23NO2. The van der Waals surface area contributed by atoms with E-state index in [2.05, 4.69) is 30.4 Å². The summed E-state index contributed by atoms with van der Waals surface area (Å²) in [4.78, 5) is 0. The van der Waals surface area contributed by atoms with Crippen molar-refractivity contribution in [3.63, 3.8) is 0 Å². The van der Waals surface area contributed by atoms with Crippen molar-refractivity contribution in [2.45, 2.75) is 26.2 Å². The van der Waals surface area contributed by atoms with Crippen LogP contribution in [-0.4, -0.2) is 31.4 Å². The standard InChI is InChI=1S/C15H23NO2/c1-2-12(11-17)10-16-7-5-13-3-4-15-14(9-13)6-8-18-15/h3-4,9,12,16-17H,2,5-8,10-11H2,1H3. The number of aliphatic hydroxyl groups is 1. The fraction of sp³-hybridized carbons (Fsp3) is 0.600. The summed E-state index contributed by atoms with van der Waals surface area (Å²) in [6, 6.07) is 6.49. The number of hydrogen-bond donors (Lipinski definition) is 2. The fourth-order valence-corrected chi connectivity index (χ4v) is 2.27. The molecule has 0 radical (unpaired) electrons. The van der Waals surface area contributed by atoms with Crippen LogP contribution >= 0.6 is 0 Å². The summed E-state index contributed by atoms with van der Waals surface area (Å²) in [7, 11) is 0. The summed E-state index contributed by atoms with van der Waals surface area (Å²) in [5, 5.41) is 12.5. The minimum atomic E-state index is 0.277. The molecule has 0 bridgehead atoms. The van der Waals surface area contributed by atoms with E-state index < -0.39 is 0 Å². The molecule has 1 aromatic carbocycles. The van der Waals surface area contributed by atoms with Gasteiger partial charge in [-0.15, -0.1) is 0 Å². The van der Waals surface area contributed by atoms with Crippen molar-refractivity contribution in [1.29, 1.82) is 0 Å². The van der Waals surface area contributed by atoms with Crippen molar-refractivity contribution in [3.8, 4) is 5.75 Å². The third-order valence-electron chi connectivity index (χ3n) is 3.61. The zero-order chi connectivity index (χ0) is 12.8. The average molecular weight is 249 g/mol. The summed E-state index contributed by atoms with van der Waals surface area (Å²) < 4.78 is 5.50. The molecule has 2 N–H and O–H groups in total. The zero-order valence-electron chi connectivity index (χ0n) is 11.1. The molecule has 3 nitrogen and oxygen atoms in total. The van der Waals surface area contributed by atoms with Crippen molar-refractivity contribution in [3.05, 3.63) is 29.3 Å². The van der Waals surface area contributed by atoms with E-state index in [9.17, 15) is 0 Å². The second-order valence-corrected chi connectivity index (χ2v) is 4.95. The zero-order valence-corrected chi connectivity index (χ0v) is 11.1. The van der Waals surface area contributed by atoms with Crippen LogP contribution in [0.15, 0.2) is 18.2 Å². The summed E-state index contributed by atoms with van der Waals surface area (Å²) in [5.41, 5.74) is 2.71. The lowest BCUT2D eigenvalue weighted by molar-refractivity contribution is 0.219. The molecule has 1 aliphatic heterocycles. The third kappa shape index (κ3) is 3.47. The molecule has 1 atom stereocenters. The minimum Gasteiger partial charge on any atom is -0.493 e. The van der Waals surface area contributed by atoms with Gasteiger partial charge in [0.05, 0.1) is 6.61 Å². The van der Waals surface area contributed by atoms with Crippen LogP contribution in [-0.2, 0) is 12.8 Å². The molecule has 0 amide bonds. The monoisotopic (exact) mass is 249 g/mol. The number of hydrogen-bond acceptors (Lipinski definition) is 3. The first-order chi connectivity index (χ1) is 8.83. The van der Waals surface area contributed by atoms with Crippen molar-refractivity contribution in [2.75, 3.05) is 26.3 Å². The van der Waals surface area contributed by atoms with Crippen molar-refractivity contribution < 1.29 is 9.84 Å². The van der Waals surface area contributed by atoms with Gasteiger partial charge in [0.1, 0.15) is 5.75 Å². The molecular weight excluding hydrogens is 226 g/mol. The van der Waals surface area contributed by atoms with Gasteiger partial charge in [-0.2, -0.15) is 0 Å². The van der Waals surface area contributed by atoms with Crippen molar-refractivity contribution >= 4 is 0 Å². The lowest BCUT2D eigenvalue weighted by Gasteiger charge is -2.12. The number of benzene rings is 1. The molecule has 1 aromatic rings. The number of rotatable bonds is 7. The number of aliphatic hydroxyl groups excluding tert-OH is 1. The Morgan fingerprint density at radius 2 is 2.33 bits per heavy atom. The van der Waals surface area contributed by atoms with Gasteiger partial charge in [0.25, 0.3) is 0 Å². The first-order valence-corrected chi connectivity index (χ1v) is 6.89. The normalized spacial score (nSPS) is 15.2. The van der Waals surface area contributed by atoms with Gasteiger partial charge in [0, 0.05) is 19.6 Å². The topological polar surface area (TPSA) is 41.5 Å². The quantitative estimate of drug-likeness (QED) is 0.724. The fourth-order valence-electron chi connectivity index (χ4n) is 2.27. The van der Waals surface area contributed by atoms with Crippen LogP contribution in [0.25, 0.3) is 0 Å². The van der Waals surface area contributed by atoms with Gasteiger partial charge >= 0.3 is 0 Å². The van der Waals surface area contributed by atoms with E-state index in [4.69, 9.17) is 9.84 Å². The van der Waals surface area contributed by atoms with Crippen LogP contribution in [0.2, 0.25) is 0 Å². The van der Waals surface area contributed by atoms with Crippen LogP contribution in [0.4, 0.5) is 0 Å². The van der Waals surface area contributed by atoms with E-state index in [-0.39, 0.29) is 6.61 Å². The maximum Gasteiger partial charge on any atom is 0.122 e. The molecule has 0 aliphatic carbocycles. The van der Waals surface area contributed by atoms with Gasteiger partial charge < -0.3 is 15.2 Å². The molecule has 1 aliphatic rings. The number of fused-ring (bicyclic) bond motifs is 1. The molecule has 1 unspecified atom stereocenters. The van der Waals surface area contributed by atoms with Crippen LogP contribution in [0.3, 0.4) is 0 Å². The number of ether oxygens (including phenoxy) is 1. The summed E-state index contributed by atoms with van der Waals surface area (Å²) in [6.45, 7) is 5.09. The maximum absolute atomic E-state index is 9.09. The SMILES string of the molecule is CCC(CO)CNCCc1ccc2c(c1)CCO2. The van der Waals surface area contributed by atoms with Gasteiger partial charge in [-0.05, 0) is 42.5 Å². The van der Waals surface area contributed by atoms with Gasteiger partial charge in [-0.1, -0.05) is 19.1 Å². The lowest BCUT2D eigenvalue weighted by atomic mass is 10.1. The first-order valence-electron chi connectivity index (χ1n) is 6.89. The van der Waals surface area contributed by atoms with Crippen molar-refractivity contribution in [2.24, 2.45) is 5.92 Å². The Labute approximate surface area is 109 Å². The Kier molecular flexibility index (Phi) is 5.02. The highest BCUT2D eigenvalue weighted by Crippen LogP contribution is 2.25. The highest BCUT2D eigenvalue weighted by molar-refractivity contribution is 5.39. The molecule has 18 heavy (non-hydrogen) atoms. The molecule has 0 saturated carbocycles. The van der Waals surface area contributed by atoms with Gasteiger partial charge in [0.2, 0.25) is 0 Å². The summed E-state index contributed by atoms with van der Waals surface area (Å²) >= 11 is 0. The molecule has 0 spiro atoms. The summed E-state index contributed by atoms with van der Waals surface area (Å²) in [5.74, 6) is 1.44. The second kappa shape index (κ2) is 6.76. The van der Waals surface area contributed by atoms with E-state index in [1.807, 2.05) is 0 Å². The molecule has 1 heterocycles. The largest absolute Gasteiger partial charge is 0.493 e. The Hall–Kier alpha value is -1.06. The Morgan fingerprint density at radius 3 is 3.11 bits per heavy atom. The van der Waals surface area contributed by atoms with E-state index in [0.717, 1.165) is 44.7 Å². The average Bonchev–Trinajstić information content (AvgIpc) is 2.86. The summed E-state index contributed by atoms with van der Waals surface area (Å²) in [6.07, 6.45) is 3.11. The van der Waals surface area contributed by atoms with Crippen LogP contribution < -0.4 is 10.1 Å². The molecule has 3 heteroatoms. The molecule has 2 rings (SSSR count). The van der Waals surface area contributed by atoms with Crippen molar-refractivity contribution in [1.82, 2.24) is 5.32 Å². The first kappa shape index (κ1) is 13.4. The van der Waals surface area contributed by atoms with Crippen LogP contribution in [0.1, 0.15) is 24.5 Å². The van der Waals surface area contributed by atoms with Gasteiger partial charge in [-0.25, -0.2) is 0 Å². The molecule has 0 aromatic heterocycles. The van der Waals surface area contributed by atoms with Gasteiger partial charge in [0.15, 0.2) is 0 Å². The van der Waals surface area contributed by atoms with E-state index >= 15 is 0 Å². The number of nitrogens with one attached hydrogen (secondary N) is 1. The van der Waals surface area contributed by atoms with E-state index in [0.29, 0.717) is 5.92 Å². The third-order valence-corrected chi connectivity index (χ3v) is 3.61.